The van der Waals surface area contributed by atoms with Crippen molar-refractivity contribution in [2.24, 2.45) is 5.92 Å². The number of hydrogen-bond donors (Lipinski definition) is 1. The van der Waals surface area contributed by atoms with Crippen LogP contribution >= 0.6 is 0 Å². The Morgan fingerprint density at radius 1 is 0.974 bits per heavy atom. The van der Waals surface area contributed by atoms with Crippen LogP contribution < -0.4 is 0 Å². The summed E-state index contributed by atoms with van der Waals surface area (Å²) in [5, 5.41) is 19.1. The lowest BCUT2D eigenvalue weighted by atomic mass is 9.78. The van der Waals surface area contributed by atoms with E-state index in [2.05, 4.69) is 46.7 Å². The first-order valence-electron chi connectivity index (χ1n) is 14.0. The molecule has 0 fully saturated rings. The zero-order valence-electron chi connectivity index (χ0n) is 22.6. The molecule has 200 valence electrons. The van der Waals surface area contributed by atoms with Crippen LogP contribution in [0.4, 0.5) is 0 Å². The number of nitrogens with zero attached hydrogens (tertiary/aromatic N) is 4. The van der Waals surface area contributed by atoms with E-state index in [4.69, 9.17) is 0 Å². The molecule has 9 bridgehead atoms. The van der Waals surface area contributed by atoms with Gasteiger partial charge in [0.15, 0.2) is 0 Å². The first-order chi connectivity index (χ1) is 18.9. The minimum Gasteiger partial charge on any atom is -0.481 e. The van der Waals surface area contributed by atoms with E-state index in [9.17, 15) is 14.7 Å². The minimum atomic E-state index is -0.841. The highest BCUT2D eigenvalue weighted by molar-refractivity contribution is 5.94. The number of carbonyl (C=O) groups is 2. The molecule has 7 nitrogen and oxygen atoms in total. The highest BCUT2D eigenvalue weighted by Gasteiger charge is 2.31. The minimum absolute atomic E-state index is 0.0441. The molecule has 0 spiro atoms. The number of carboxylic acid groups (broad SMARTS) is 1. The van der Waals surface area contributed by atoms with Gasteiger partial charge in [-0.3, -0.25) is 9.59 Å². The van der Waals surface area contributed by atoms with Crippen molar-refractivity contribution in [1.82, 2.24) is 19.9 Å². The van der Waals surface area contributed by atoms with Crippen LogP contribution in [-0.4, -0.2) is 43.4 Å². The maximum absolute atomic E-state index is 13.4. The van der Waals surface area contributed by atoms with Crippen LogP contribution in [0.2, 0.25) is 0 Å². The summed E-state index contributed by atoms with van der Waals surface area (Å²) >= 11 is 0. The lowest BCUT2D eigenvalue weighted by molar-refractivity contribution is -0.141. The summed E-state index contributed by atoms with van der Waals surface area (Å²) in [5.41, 5.74) is 8.96. The molecule has 6 heterocycles. The Balaban J connectivity index is 1.46. The molecule has 0 saturated heterocycles. The number of aromatic nitrogens is 3. The van der Waals surface area contributed by atoms with Crippen LogP contribution in [-0.2, 0) is 30.7 Å². The van der Waals surface area contributed by atoms with Crippen LogP contribution in [0.5, 0.6) is 0 Å². The van der Waals surface area contributed by atoms with Crippen molar-refractivity contribution in [3.63, 3.8) is 0 Å². The highest BCUT2D eigenvalue weighted by Crippen LogP contribution is 2.38. The second kappa shape index (κ2) is 10.3. The van der Waals surface area contributed by atoms with E-state index in [1.54, 1.807) is 6.92 Å². The lowest BCUT2D eigenvalue weighted by Gasteiger charge is -2.31. The summed E-state index contributed by atoms with van der Waals surface area (Å²) in [5.74, 6) is -1.79. The second-order valence-corrected chi connectivity index (χ2v) is 11.1. The van der Waals surface area contributed by atoms with E-state index < -0.39 is 11.9 Å². The summed E-state index contributed by atoms with van der Waals surface area (Å²) in [7, 11) is 0. The monoisotopic (exact) mass is 522 g/mol. The smallest absolute Gasteiger partial charge is 0.307 e. The number of carboxylic acids is 1. The number of amides is 1. The fraction of sp³-hybridized carbons (Fsp3) is 0.375. The Kier molecular flexibility index (Phi) is 6.67. The van der Waals surface area contributed by atoms with Crippen LogP contribution in [0.15, 0.2) is 54.6 Å². The Hall–Kier alpha value is -4.00. The maximum Gasteiger partial charge on any atom is 0.307 e. The Labute approximate surface area is 228 Å². The van der Waals surface area contributed by atoms with Crippen LogP contribution in [0.1, 0.15) is 75.8 Å². The number of aliphatic carboxylic acids is 1. The molecule has 1 amide bonds. The van der Waals surface area contributed by atoms with Crippen molar-refractivity contribution in [2.45, 2.75) is 65.0 Å². The van der Waals surface area contributed by atoms with Crippen LogP contribution in [0.3, 0.4) is 0 Å². The van der Waals surface area contributed by atoms with Gasteiger partial charge in [0.25, 0.3) is 5.91 Å². The van der Waals surface area contributed by atoms with Gasteiger partial charge in [0, 0.05) is 31.1 Å². The normalized spacial score (nSPS) is 18.6. The maximum atomic E-state index is 13.4. The third kappa shape index (κ3) is 4.71. The molecule has 1 aromatic heterocycles. The molecular formula is C32H34N4O3. The standard InChI is InChI=1S/C32H34N4O3/c1-20-27-13-14-28-30(20)33-34-36(28)16-5-3-4-6-22-7-9-24(10-8-22)31(37)35-17-15-23-11-12-25(18-26(23)19-35)29(27)21(2)32(38)39/h7-14,18,21,29H,3-6,15-17,19H2,1-2H3,(H,38,39). The summed E-state index contributed by atoms with van der Waals surface area (Å²) < 4.78 is 1.97. The first-order valence-corrected chi connectivity index (χ1v) is 14.0. The van der Waals surface area contributed by atoms with E-state index >= 15 is 0 Å². The van der Waals surface area contributed by atoms with Gasteiger partial charge in [-0.1, -0.05) is 55.0 Å². The number of rotatable bonds is 2. The van der Waals surface area contributed by atoms with Crippen molar-refractivity contribution >= 4 is 22.9 Å². The largest absolute Gasteiger partial charge is 0.481 e. The molecule has 2 atom stereocenters. The number of benzene rings is 3. The third-order valence-corrected chi connectivity index (χ3v) is 8.63. The van der Waals surface area contributed by atoms with Crippen molar-refractivity contribution in [1.29, 1.82) is 0 Å². The molecule has 7 heteroatoms. The Morgan fingerprint density at radius 2 is 1.79 bits per heavy atom. The van der Waals surface area contributed by atoms with Gasteiger partial charge in [0.1, 0.15) is 5.52 Å². The molecule has 3 aromatic carbocycles. The van der Waals surface area contributed by atoms with Crippen molar-refractivity contribution < 1.29 is 14.7 Å². The molecule has 0 saturated carbocycles. The van der Waals surface area contributed by atoms with Gasteiger partial charge in [-0.05, 0) is 84.2 Å². The summed E-state index contributed by atoms with van der Waals surface area (Å²) in [6, 6.07) is 18.5. The molecule has 5 aliphatic heterocycles. The quantitative estimate of drug-likeness (QED) is 0.375. The highest BCUT2D eigenvalue weighted by atomic mass is 16.4. The van der Waals surface area contributed by atoms with Crippen molar-refractivity contribution in [3.8, 4) is 0 Å². The topological polar surface area (TPSA) is 88.3 Å². The molecule has 0 aliphatic carbocycles. The summed E-state index contributed by atoms with van der Waals surface area (Å²) in [4.78, 5) is 27.6. The van der Waals surface area contributed by atoms with Gasteiger partial charge in [-0.2, -0.15) is 0 Å². The predicted molar refractivity (Wildman–Crippen MR) is 150 cm³/mol. The Bertz CT molecular complexity index is 1560. The molecule has 2 unspecified atom stereocenters. The Morgan fingerprint density at radius 3 is 2.59 bits per heavy atom. The van der Waals surface area contributed by atoms with Gasteiger partial charge in [-0.25, -0.2) is 4.68 Å². The van der Waals surface area contributed by atoms with E-state index in [0.717, 1.165) is 71.9 Å². The van der Waals surface area contributed by atoms with Gasteiger partial charge in [-0.15, -0.1) is 5.10 Å². The van der Waals surface area contributed by atoms with E-state index in [0.29, 0.717) is 18.7 Å². The molecule has 9 rings (SSSR count). The van der Waals surface area contributed by atoms with Gasteiger partial charge < -0.3 is 10.0 Å². The fourth-order valence-electron chi connectivity index (χ4n) is 6.27. The van der Waals surface area contributed by atoms with E-state index in [-0.39, 0.29) is 11.8 Å². The SMILES string of the molecule is Cc1c2ccc3c1nnn3CCCCCc1ccc(cc1)C(=O)N1CCc3ccc(cc3C1)C2C(C)C(=O)O. The predicted octanol–water partition coefficient (Wildman–Crippen LogP) is 5.52. The van der Waals surface area contributed by atoms with E-state index in [1.165, 1.54) is 11.1 Å². The summed E-state index contributed by atoms with van der Waals surface area (Å²) in [6.07, 6.45) is 4.91. The average Bonchev–Trinajstić information content (AvgIpc) is 3.37. The van der Waals surface area contributed by atoms with Crippen LogP contribution in [0, 0.1) is 12.8 Å². The zero-order valence-corrected chi connectivity index (χ0v) is 22.6. The fourth-order valence-corrected chi connectivity index (χ4v) is 6.27. The molecule has 1 N–H and O–H groups in total. The first kappa shape index (κ1) is 25.3. The third-order valence-electron chi connectivity index (χ3n) is 8.63. The lowest BCUT2D eigenvalue weighted by Crippen LogP contribution is -2.36. The molecule has 4 aromatic rings. The van der Waals surface area contributed by atoms with Crippen molar-refractivity contribution in [3.05, 3.63) is 93.5 Å². The molecule has 0 radical (unpaired) electrons. The van der Waals surface area contributed by atoms with Gasteiger partial charge in [0.2, 0.25) is 0 Å². The average molecular weight is 523 g/mol. The second-order valence-electron chi connectivity index (χ2n) is 11.1. The van der Waals surface area contributed by atoms with Gasteiger partial charge in [0.05, 0.1) is 11.4 Å². The summed E-state index contributed by atoms with van der Waals surface area (Å²) in [6.45, 7) is 5.78. The number of aryl methyl sites for hydroxylation is 3. The van der Waals surface area contributed by atoms with Crippen molar-refractivity contribution in [2.75, 3.05) is 6.54 Å². The number of carbonyl (C=O) groups excluding carboxylic acids is 1. The van der Waals surface area contributed by atoms with Gasteiger partial charge >= 0.3 is 5.97 Å². The van der Waals surface area contributed by atoms with Crippen LogP contribution in [0.25, 0.3) is 11.0 Å². The molecular weight excluding hydrogens is 488 g/mol. The molecule has 39 heavy (non-hydrogen) atoms. The molecule has 5 aliphatic rings. The zero-order chi connectivity index (χ0) is 27.1. The number of hydrogen-bond acceptors (Lipinski definition) is 4. The van der Waals surface area contributed by atoms with E-state index in [1.807, 2.05) is 34.7 Å².